The third-order valence-corrected chi connectivity index (χ3v) is 4.45. The minimum atomic E-state index is -4.71. The lowest BCUT2D eigenvalue weighted by Crippen LogP contribution is -2.15. The van der Waals surface area contributed by atoms with Gasteiger partial charge in [0.05, 0.1) is 30.5 Å². The number of aromatic nitrogens is 4. The van der Waals surface area contributed by atoms with Crippen molar-refractivity contribution in [3.63, 3.8) is 0 Å². The Bertz CT molecular complexity index is 1250. The number of alkyl halides is 3. The maximum Gasteiger partial charge on any atom is 0.450 e. The highest BCUT2D eigenvalue weighted by Gasteiger charge is 2.38. The van der Waals surface area contributed by atoms with Crippen LogP contribution in [-0.2, 0) is 6.18 Å². The molecule has 2 aromatic carbocycles. The van der Waals surface area contributed by atoms with E-state index in [0.717, 1.165) is 4.57 Å². The maximum atomic E-state index is 13.6. The molecule has 0 bridgehead atoms. The molecule has 0 saturated heterocycles. The van der Waals surface area contributed by atoms with Crippen LogP contribution >= 0.6 is 0 Å². The van der Waals surface area contributed by atoms with Crippen molar-refractivity contribution in [1.29, 1.82) is 0 Å². The number of nitrogens with zero attached hydrogens (tertiary/aromatic N) is 4. The van der Waals surface area contributed by atoms with Gasteiger partial charge in [0.15, 0.2) is 5.82 Å². The maximum absolute atomic E-state index is 13.6. The number of halogens is 4. The molecule has 1 N–H and O–H groups in total. The second-order valence-electron chi connectivity index (χ2n) is 6.49. The van der Waals surface area contributed by atoms with Crippen molar-refractivity contribution in [2.75, 3.05) is 12.4 Å². The van der Waals surface area contributed by atoms with Crippen LogP contribution in [0.25, 0.3) is 22.5 Å². The number of imidazole rings is 1. The molecule has 0 amide bonds. The molecule has 0 radical (unpaired) electrons. The van der Waals surface area contributed by atoms with Gasteiger partial charge in [0.2, 0.25) is 5.82 Å². The molecular formula is C21H15F4N5O. The molecule has 158 valence electrons. The molecule has 0 unspecified atom stereocenters. The summed E-state index contributed by atoms with van der Waals surface area (Å²) in [5.74, 6) is -0.917. The van der Waals surface area contributed by atoms with Gasteiger partial charge in [-0.25, -0.2) is 19.3 Å². The summed E-state index contributed by atoms with van der Waals surface area (Å²) in [5, 5.41) is 2.89. The largest absolute Gasteiger partial charge is 0.497 e. The Hall–Kier alpha value is -3.95. The lowest BCUT2D eigenvalue weighted by Gasteiger charge is -2.12. The van der Waals surface area contributed by atoms with Gasteiger partial charge in [-0.05, 0) is 29.8 Å². The fraction of sp³-hybridized carbons (Fsp3) is 0.0952. The van der Waals surface area contributed by atoms with E-state index in [-0.39, 0.29) is 28.5 Å². The molecule has 4 aromatic rings. The van der Waals surface area contributed by atoms with Crippen LogP contribution in [0, 0.1) is 5.82 Å². The average Bonchev–Trinajstić information content (AvgIpc) is 3.14. The van der Waals surface area contributed by atoms with Crippen LogP contribution < -0.4 is 10.1 Å². The van der Waals surface area contributed by atoms with Crippen molar-refractivity contribution >= 4 is 22.5 Å². The zero-order valence-electron chi connectivity index (χ0n) is 16.1. The first-order chi connectivity index (χ1) is 14.8. The SMILES string of the molecule is C=C(Nc1cnc(-n2c(C(F)(F)F)nc3cc(OC)ccc32)cn1)c1ccc(F)cc1. The van der Waals surface area contributed by atoms with E-state index in [4.69, 9.17) is 4.74 Å². The van der Waals surface area contributed by atoms with Crippen molar-refractivity contribution in [3.05, 3.63) is 78.6 Å². The van der Waals surface area contributed by atoms with E-state index in [9.17, 15) is 17.6 Å². The lowest BCUT2D eigenvalue weighted by molar-refractivity contribution is -0.145. The fourth-order valence-corrected chi connectivity index (χ4v) is 2.99. The van der Waals surface area contributed by atoms with Crippen LogP contribution in [0.3, 0.4) is 0 Å². The summed E-state index contributed by atoms with van der Waals surface area (Å²) >= 11 is 0. The highest BCUT2D eigenvalue weighted by Crippen LogP contribution is 2.34. The van der Waals surface area contributed by atoms with E-state index >= 15 is 0 Å². The second kappa shape index (κ2) is 7.71. The van der Waals surface area contributed by atoms with Crippen molar-refractivity contribution in [3.8, 4) is 11.6 Å². The van der Waals surface area contributed by atoms with Gasteiger partial charge in [-0.1, -0.05) is 18.7 Å². The number of methoxy groups -OCH3 is 1. The molecular weight excluding hydrogens is 414 g/mol. The van der Waals surface area contributed by atoms with Crippen molar-refractivity contribution in [1.82, 2.24) is 19.5 Å². The van der Waals surface area contributed by atoms with Crippen LogP contribution in [0.1, 0.15) is 11.4 Å². The number of benzene rings is 2. The zero-order chi connectivity index (χ0) is 22.2. The van der Waals surface area contributed by atoms with Gasteiger partial charge in [0.25, 0.3) is 0 Å². The molecule has 0 saturated carbocycles. The molecule has 4 rings (SSSR count). The minimum absolute atomic E-state index is 0.0575. The van der Waals surface area contributed by atoms with Crippen molar-refractivity contribution in [2.45, 2.75) is 6.18 Å². The second-order valence-corrected chi connectivity index (χ2v) is 6.49. The Balaban J connectivity index is 1.68. The molecule has 0 spiro atoms. The molecule has 0 aliphatic heterocycles. The van der Waals surface area contributed by atoms with Crippen LogP contribution in [0.2, 0.25) is 0 Å². The third-order valence-electron chi connectivity index (χ3n) is 4.45. The van der Waals surface area contributed by atoms with E-state index in [2.05, 4.69) is 26.8 Å². The van der Waals surface area contributed by atoms with E-state index in [1.807, 2.05) is 0 Å². The highest BCUT2D eigenvalue weighted by atomic mass is 19.4. The van der Waals surface area contributed by atoms with Crippen LogP contribution in [0.15, 0.2) is 61.4 Å². The topological polar surface area (TPSA) is 64.9 Å². The molecule has 0 aliphatic rings. The summed E-state index contributed by atoms with van der Waals surface area (Å²) in [6.07, 6.45) is -2.23. The summed E-state index contributed by atoms with van der Waals surface area (Å²) in [7, 11) is 1.42. The van der Waals surface area contributed by atoms with Gasteiger partial charge < -0.3 is 10.1 Å². The fourth-order valence-electron chi connectivity index (χ4n) is 2.99. The monoisotopic (exact) mass is 429 g/mol. The summed E-state index contributed by atoms with van der Waals surface area (Å²) in [5.41, 5.74) is 1.37. The van der Waals surface area contributed by atoms with Crippen LogP contribution in [0.4, 0.5) is 23.4 Å². The molecule has 2 heterocycles. The van der Waals surface area contributed by atoms with Gasteiger partial charge in [-0.15, -0.1) is 0 Å². The Labute approximate surface area is 173 Å². The smallest absolute Gasteiger partial charge is 0.450 e. The molecule has 2 aromatic heterocycles. The van der Waals surface area contributed by atoms with Gasteiger partial charge in [0.1, 0.15) is 17.4 Å². The summed E-state index contributed by atoms with van der Waals surface area (Å²) in [6.45, 7) is 3.85. The van der Waals surface area contributed by atoms with Crippen molar-refractivity contribution < 1.29 is 22.3 Å². The Morgan fingerprint density at radius 3 is 2.42 bits per heavy atom. The van der Waals surface area contributed by atoms with Gasteiger partial charge in [-0.2, -0.15) is 13.2 Å². The molecule has 0 aliphatic carbocycles. The number of fused-ring (bicyclic) bond motifs is 1. The van der Waals surface area contributed by atoms with Crippen LogP contribution in [-0.4, -0.2) is 26.6 Å². The summed E-state index contributed by atoms with van der Waals surface area (Å²) in [6, 6.07) is 10.1. The van der Waals surface area contributed by atoms with E-state index in [1.165, 1.54) is 62.0 Å². The van der Waals surface area contributed by atoms with E-state index in [1.54, 1.807) is 0 Å². The lowest BCUT2D eigenvalue weighted by atomic mass is 10.2. The molecule has 10 heteroatoms. The number of nitrogens with one attached hydrogen (secondary N) is 1. The van der Waals surface area contributed by atoms with Gasteiger partial charge in [-0.3, -0.25) is 4.57 Å². The van der Waals surface area contributed by atoms with Crippen molar-refractivity contribution in [2.24, 2.45) is 0 Å². The summed E-state index contributed by atoms with van der Waals surface area (Å²) in [4.78, 5) is 12.0. The highest BCUT2D eigenvalue weighted by molar-refractivity contribution is 5.80. The Morgan fingerprint density at radius 1 is 1.06 bits per heavy atom. The van der Waals surface area contributed by atoms with Gasteiger partial charge in [0, 0.05) is 11.8 Å². The van der Waals surface area contributed by atoms with E-state index in [0.29, 0.717) is 17.0 Å². The standard InChI is InChI=1S/C21H15F4N5O/c1-12(13-3-5-14(22)6-4-13)28-18-10-27-19(11-26-18)30-17-8-7-15(31-2)9-16(17)29-20(30)21(23,24)25/h3-11H,1H2,2H3,(H,26,28). The number of ether oxygens (including phenoxy) is 1. The first kappa shape index (κ1) is 20.3. The molecule has 0 fully saturated rings. The quantitative estimate of drug-likeness (QED) is 0.449. The molecule has 31 heavy (non-hydrogen) atoms. The number of rotatable bonds is 5. The average molecular weight is 429 g/mol. The number of hydrogen-bond acceptors (Lipinski definition) is 5. The minimum Gasteiger partial charge on any atom is -0.497 e. The van der Waals surface area contributed by atoms with Crippen LogP contribution in [0.5, 0.6) is 5.75 Å². The Morgan fingerprint density at radius 2 is 1.81 bits per heavy atom. The molecule has 6 nitrogen and oxygen atoms in total. The third kappa shape index (κ3) is 4.04. The van der Waals surface area contributed by atoms with E-state index < -0.39 is 12.0 Å². The van der Waals surface area contributed by atoms with Gasteiger partial charge >= 0.3 is 6.18 Å². The Kier molecular flexibility index (Phi) is 5.05. The normalized spacial score (nSPS) is 11.5. The predicted molar refractivity (Wildman–Crippen MR) is 107 cm³/mol. The number of anilines is 1. The number of hydrogen-bond donors (Lipinski definition) is 1. The zero-order valence-corrected chi connectivity index (χ0v) is 16.1. The molecule has 0 atom stereocenters. The first-order valence-corrected chi connectivity index (χ1v) is 8.94. The summed E-state index contributed by atoms with van der Waals surface area (Å²) < 4.78 is 59.8. The predicted octanol–water partition coefficient (Wildman–Crippen LogP) is 5.06. The first-order valence-electron chi connectivity index (χ1n) is 8.94.